The third-order valence-corrected chi connectivity index (χ3v) is 3.33. The largest absolute Gasteiger partial charge is 0.328 e. The van der Waals surface area contributed by atoms with Crippen molar-refractivity contribution >= 4 is 12.4 Å². The molecule has 0 fully saturated rings. The van der Waals surface area contributed by atoms with Gasteiger partial charge in [-0.2, -0.15) is 0 Å². The Morgan fingerprint density at radius 3 is 1.69 bits per heavy atom. The van der Waals surface area contributed by atoms with Crippen molar-refractivity contribution in [2.24, 2.45) is 0 Å². The van der Waals surface area contributed by atoms with Gasteiger partial charge < -0.3 is 9.13 Å². The summed E-state index contributed by atoms with van der Waals surface area (Å²) in [5.41, 5.74) is 5.40. The van der Waals surface area contributed by atoms with Crippen LogP contribution in [-0.2, 0) is 12.8 Å². The Bertz CT molecular complexity index is 517. The number of aromatic nitrogens is 2. The van der Waals surface area contributed by atoms with Crippen molar-refractivity contribution in [1.29, 1.82) is 0 Å². The molecule has 1 aliphatic rings. The van der Waals surface area contributed by atoms with E-state index in [0.29, 0.717) is 0 Å². The molecule has 0 unspecified atom stereocenters. The smallest absolute Gasteiger partial charge is 0.0303 e. The molecule has 0 saturated heterocycles. The molecule has 0 bridgehead atoms. The number of fused-ring (bicyclic) bond motifs is 3. The van der Waals surface area contributed by atoms with E-state index in [1.54, 1.807) is 0 Å². The van der Waals surface area contributed by atoms with E-state index >= 15 is 0 Å². The highest BCUT2D eigenvalue weighted by atomic mass is 15.0. The van der Waals surface area contributed by atoms with E-state index < -0.39 is 0 Å². The summed E-state index contributed by atoms with van der Waals surface area (Å²) in [6.45, 7) is 7.66. The normalized spacial score (nSPS) is 13.0. The van der Waals surface area contributed by atoms with Crippen molar-refractivity contribution in [2.45, 2.75) is 12.8 Å². The molecule has 16 heavy (non-hydrogen) atoms. The first-order chi connectivity index (χ1) is 7.85. The summed E-state index contributed by atoms with van der Waals surface area (Å²) in [5.74, 6) is 0. The monoisotopic (exact) mass is 210 g/mol. The van der Waals surface area contributed by atoms with Crippen molar-refractivity contribution in [1.82, 2.24) is 9.13 Å². The molecule has 0 atom stereocenters. The number of rotatable bonds is 2. The molecule has 0 radical (unpaired) electrons. The topological polar surface area (TPSA) is 9.86 Å². The molecule has 1 aliphatic carbocycles. The van der Waals surface area contributed by atoms with Gasteiger partial charge in [0, 0.05) is 47.3 Å². The summed E-state index contributed by atoms with van der Waals surface area (Å²) < 4.78 is 4.23. The molecule has 0 saturated carbocycles. The van der Waals surface area contributed by atoms with Crippen molar-refractivity contribution in [3.8, 4) is 11.1 Å². The zero-order valence-corrected chi connectivity index (χ0v) is 9.19. The molecular formula is C14H14N2. The Balaban J connectivity index is 2.24. The molecule has 2 heteroatoms. The maximum absolute atomic E-state index is 3.83. The predicted octanol–water partition coefficient (Wildman–Crippen LogP) is 3.26. The third-order valence-electron chi connectivity index (χ3n) is 3.33. The van der Waals surface area contributed by atoms with Gasteiger partial charge in [0.05, 0.1) is 0 Å². The molecule has 0 aliphatic heterocycles. The minimum Gasteiger partial charge on any atom is -0.328 e. The molecule has 0 aromatic carbocycles. The second-order valence-electron chi connectivity index (χ2n) is 4.03. The van der Waals surface area contributed by atoms with E-state index in [-0.39, 0.29) is 0 Å². The average molecular weight is 210 g/mol. The van der Waals surface area contributed by atoms with Gasteiger partial charge in [0.25, 0.3) is 0 Å². The lowest BCUT2D eigenvalue weighted by Gasteiger charge is -2.16. The van der Waals surface area contributed by atoms with E-state index in [9.17, 15) is 0 Å². The van der Waals surface area contributed by atoms with Gasteiger partial charge in [-0.25, -0.2) is 0 Å². The quantitative estimate of drug-likeness (QED) is 0.720. The number of hydrogen-bond donors (Lipinski definition) is 0. The van der Waals surface area contributed by atoms with Gasteiger partial charge in [0.1, 0.15) is 0 Å². The Morgan fingerprint density at radius 2 is 1.31 bits per heavy atom. The van der Waals surface area contributed by atoms with Crippen LogP contribution in [0.1, 0.15) is 11.4 Å². The van der Waals surface area contributed by atoms with Crippen molar-refractivity contribution in [3.05, 3.63) is 49.1 Å². The second kappa shape index (κ2) is 3.27. The van der Waals surface area contributed by atoms with E-state index in [1.807, 2.05) is 12.4 Å². The molecule has 2 heterocycles. The van der Waals surface area contributed by atoms with Crippen LogP contribution in [0.2, 0.25) is 0 Å². The van der Waals surface area contributed by atoms with Crippen LogP contribution in [0.3, 0.4) is 0 Å². The van der Waals surface area contributed by atoms with Crippen LogP contribution >= 0.6 is 0 Å². The van der Waals surface area contributed by atoms with E-state index in [4.69, 9.17) is 0 Å². The van der Waals surface area contributed by atoms with Crippen LogP contribution in [0.15, 0.2) is 37.7 Å². The minimum absolute atomic E-state index is 1.07. The van der Waals surface area contributed by atoms with Gasteiger partial charge in [-0.1, -0.05) is 13.2 Å². The number of hydrogen-bond acceptors (Lipinski definition) is 0. The first kappa shape index (κ1) is 9.28. The number of nitrogens with zero attached hydrogens (tertiary/aromatic N) is 2. The van der Waals surface area contributed by atoms with Gasteiger partial charge in [-0.3, -0.25) is 0 Å². The highest BCUT2D eigenvalue weighted by molar-refractivity contribution is 5.73. The van der Waals surface area contributed by atoms with Gasteiger partial charge in [-0.15, -0.1) is 0 Å². The fourth-order valence-electron chi connectivity index (χ4n) is 2.56. The first-order valence-electron chi connectivity index (χ1n) is 5.50. The van der Waals surface area contributed by atoms with Gasteiger partial charge >= 0.3 is 0 Å². The zero-order chi connectivity index (χ0) is 11.1. The summed E-state index contributed by atoms with van der Waals surface area (Å²) in [7, 11) is 0. The standard InChI is InChI=1S/C14H14N2/c1-3-15-9-7-11-12-8-10-16(4-2)14(12)6-5-13(11)15/h3-4,7-10H,1-2,5-6H2. The molecule has 2 nitrogen and oxygen atoms in total. The lowest BCUT2D eigenvalue weighted by molar-refractivity contribution is 0.832. The van der Waals surface area contributed by atoms with Gasteiger partial charge in [0.15, 0.2) is 0 Å². The molecule has 0 spiro atoms. The average Bonchev–Trinajstić information content (AvgIpc) is 2.91. The van der Waals surface area contributed by atoms with E-state index in [2.05, 4.69) is 46.8 Å². The maximum Gasteiger partial charge on any atom is 0.0303 e. The fraction of sp³-hybridized carbons (Fsp3) is 0.143. The first-order valence-corrected chi connectivity index (χ1v) is 5.50. The predicted molar refractivity (Wildman–Crippen MR) is 68.0 cm³/mol. The van der Waals surface area contributed by atoms with Gasteiger partial charge in [0.2, 0.25) is 0 Å². The fourth-order valence-corrected chi connectivity index (χ4v) is 2.56. The SMILES string of the molecule is C=Cn1ccc2c1CCc1c-2ccn1C=C. The van der Waals surface area contributed by atoms with Crippen molar-refractivity contribution < 1.29 is 0 Å². The molecule has 80 valence electrons. The van der Waals surface area contributed by atoms with Crippen LogP contribution in [0.5, 0.6) is 0 Å². The Kier molecular flexibility index (Phi) is 1.90. The Labute approximate surface area is 95.1 Å². The lowest BCUT2D eigenvalue weighted by atomic mass is 9.95. The Morgan fingerprint density at radius 1 is 0.875 bits per heavy atom. The zero-order valence-electron chi connectivity index (χ0n) is 9.19. The molecule has 3 rings (SSSR count). The molecule has 0 amide bonds. The molecule has 0 N–H and O–H groups in total. The Hall–Kier alpha value is -1.96. The molecule has 2 aromatic heterocycles. The van der Waals surface area contributed by atoms with Gasteiger partial charge in [-0.05, 0) is 25.0 Å². The van der Waals surface area contributed by atoms with Crippen LogP contribution in [0.4, 0.5) is 0 Å². The minimum atomic E-state index is 1.07. The highest BCUT2D eigenvalue weighted by Crippen LogP contribution is 2.35. The summed E-state index contributed by atoms with van der Waals surface area (Å²) in [6.07, 6.45) is 10.0. The van der Waals surface area contributed by atoms with Crippen LogP contribution in [0, 0.1) is 0 Å². The second-order valence-corrected chi connectivity index (χ2v) is 4.03. The van der Waals surface area contributed by atoms with Crippen molar-refractivity contribution in [2.75, 3.05) is 0 Å². The third kappa shape index (κ3) is 1.07. The van der Waals surface area contributed by atoms with E-state index in [1.165, 1.54) is 22.5 Å². The van der Waals surface area contributed by atoms with Crippen LogP contribution in [-0.4, -0.2) is 9.13 Å². The van der Waals surface area contributed by atoms with E-state index in [0.717, 1.165) is 12.8 Å². The summed E-state index contributed by atoms with van der Waals surface area (Å²) >= 11 is 0. The highest BCUT2D eigenvalue weighted by Gasteiger charge is 2.20. The lowest BCUT2D eigenvalue weighted by Crippen LogP contribution is -2.07. The van der Waals surface area contributed by atoms with Crippen molar-refractivity contribution in [3.63, 3.8) is 0 Å². The molecular weight excluding hydrogens is 196 g/mol. The summed E-state index contributed by atoms with van der Waals surface area (Å²) in [6, 6.07) is 4.34. The van der Waals surface area contributed by atoms with Crippen LogP contribution < -0.4 is 0 Å². The van der Waals surface area contributed by atoms with Crippen LogP contribution in [0.25, 0.3) is 23.5 Å². The summed E-state index contributed by atoms with van der Waals surface area (Å²) in [5, 5.41) is 0. The molecule has 2 aromatic rings. The maximum atomic E-state index is 3.83. The summed E-state index contributed by atoms with van der Waals surface area (Å²) in [4.78, 5) is 0.